The first-order valence-electron chi connectivity index (χ1n) is 13.3. The zero-order valence-corrected chi connectivity index (χ0v) is 20.2. The molecule has 0 saturated heterocycles. The van der Waals surface area contributed by atoms with Crippen LogP contribution in [-0.4, -0.2) is 0 Å². The second-order valence-electron chi connectivity index (χ2n) is 10.3. The van der Waals surface area contributed by atoms with Crippen molar-refractivity contribution in [1.29, 1.82) is 0 Å². The SMILES string of the molecule is C=CCCC1=CCC(c2ccc(-c3ccc(C4CCC(CCCC)CC4)cc3)cc2)CC1. The molecular formula is C32H42. The predicted octanol–water partition coefficient (Wildman–Crippen LogP) is 9.98. The summed E-state index contributed by atoms with van der Waals surface area (Å²) in [5.74, 6) is 2.45. The standard InChI is InChI=1S/C32H42/c1-3-5-7-25-9-13-27(14-10-25)29-17-21-31(22-18-29)32-23-19-30(20-24-32)28-15-11-26(12-16-28)8-6-4-2/h3,9,17-24,26-28H,1,4-8,10-16H2,2H3. The summed E-state index contributed by atoms with van der Waals surface area (Å²) >= 11 is 0. The van der Waals surface area contributed by atoms with E-state index in [-0.39, 0.29) is 0 Å². The molecule has 0 heterocycles. The molecule has 1 fully saturated rings. The summed E-state index contributed by atoms with van der Waals surface area (Å²) in [6.45, 7) is 6.17. The molecular weight excluding hydrogens is 384 g/mol. The van der Waals surface area contributed by atoms with Crippen molar-refractivity contribution in [3.8, 4) is 11.1 Å². The van der Waals surface area contributed by atoms with Gasteiger partial charge in [0.1, 0.15) is 0 Å². The maximum Gasteiger partial charge on any atom is -0.0124 e. The van der Waals surface area contributed by atoms with E-state index < -0.39 is 0 Å². The zero-order valence-electron chi connectivity index (χ0n) is 20.2. The van der Waals surface area contributed by atoms with Gasteiger partial charge < -0.3 is 0 Å². The average molecular weight is 427 g/mol. The van der Waals surface area contributed by atoms with Gasteiger partial charge in [0.05, 0.1) is 0 Å². The number of allylic oxidation sites excluding steroid dienone is 3. The van der Waals surface area contributed by atoms with E-state index in [1.54, 1.807) is 11.1 Å². The Kier molecular flexibility index (Phi) is 8.43. The van der Waals surface area contributed by atoms with E-state index in [1.165, 1.54) is 87.3 Å². The molecule has 0 N–H and O–H groups in total. The van der Waals surface area contributed by atoms with E-state index in [4.69, 9.17) is 0 Å². The van der Waals surface area contributed by atoms with E-state index in [1.807, 2.05) is 6.08 Å². The quantitative estimate of drug-likeness (QED) is 0.350. The second-order valence-corrected chi connectivity index (χ2v) is 10.3. The molecule has 1 unspecified atom stereocenters. The van der Waals surface area contributed by atoms with E-state index in [0.717, 1.165) is 18.3 Å². The van der Waals surface area contributed by atoms with Gasteiger partial charge in [-0.2, -0.15) is 0 Å². The topological polar surface area (TPSA) is 0 Å². The van der Waals surface area contributed by atoms with Crippen LogP contribution in [0.25, 0.3) is 11.1 Å². The monoisotopic (exact) mass is 426 g/mol. The van der Waals surface area contributed by atoms with Crippen molar-refractivity contribution in [2.45, 2.75) is 95.8 Å². The Morgan fingerprint density at radius 3 is 1.97 bits per heavy atom. The van der Waals surface area contributed by atoms with Gasteiger partial charge >= 0.3 is 0 Å². The van der Waals surface area contributed by atoms with Gasteiger partial charge in [-0.25, -0.2) is 0 Å². The summed E-state index contributed by atoms with van der Waals surface area (Å²) in [7, 11) is 0. The first kappa shape index (κ1) is 23.1. The van der Waals surface area contributed by atoms with Crippen molar-refractivity contribution < 1.29 is 0 Å². The molecule has 1 saturated carbocycles. The van der Waals surface area contributed by atoms with E-state index >= 15 is 0 Å². The average Bonchev–Trinajstić information content (AvgIpc) is 2.87. The highest BCUT2D eigenvalue weighted by Crippen LogP contribution is 2.38. The molecule has 170 valence electrons. The molecule has 2 aromatic rings. The van der Waals surface area contributed by atoms with Crippen molar-refractivity contribution in [2.24, 2.45) is 5.92 Å². The number of unbranched alkanes of at least 4 members (excludes halogenated alkanes) is 1. The lowest BCUT2D eigenvalue weighted by atomic mass is 9.77. The van der Waals surface area contributed by atoms with Gasteiger partial charge in [0, 0.05) is 0 Å². The molecule has 0 bridgehead atoms. The van der Waals surface area contributed by atoms with Gasteiger partial charge in [0.15, 0.2) is 0 Å². The Morgan fingerprint density at radius 2 is 1.44 bits per heavy atom. The van der Waals surface area contributed by atoms with Gasteiger partial charge in [-0.3, -0.25) is 0 Å². The van der Waals surface area contributed by atoms with Gasteiger partial charge in [-0.15, -0.1) is 6.58 Å². The van der Waals surface area contributed by atoms with Crippen LogP contribution in [0.1, 0.15) is 107 Å². The van der Waals surface area contributed by atoms with Crippen LogP contribution < -0.4 is 0 Å². The molecule has 0 heteroatoms. The Bertz CT molecular complexity index is 859. The summed E-state index contributed by atoms with van der Waals surface area (Å²) in [5, 5.41) is 0. The minimum absolute atomic E-state index is 0.686. The van der Waals surface area contributed by atoms with Crippen LogP contribution in [0, 0.1) is 5.92 Å². The maximum absolute atomic E-state index is 3.85. The minimum atomic E-state index is 0.686. The highest BCUT2D eigenvalue weighted by atomic mass is 14.3. The third-order valence-corrected chi connectivity index (χ3v) is 8.08. The third-order valence-electron chi connectivity index (χ3n) is 8.08. The minimum Gasteiger partial charge on any atom is -0.103 e. The lowest BCUT2D eigenvalue weighted by molar-refractivity contribution is 0.304. The van der Waals surface area contributed by atoms with Crippen LogP contribution in [0.3, 0.4) is 0 Å². The first-order chi connectivity index (χ1) is 15.8. The van der Waals surface area contributed by atoms with Crippen molar-refractivity contribution >= 4 is 0 Å². The summed E-state index contributed by atoms with van der Waals surface area (Å²) in [5.41, 5.74) is 7.39. The summed E-state index contributed by atoms with van der Waals surface area (Å²) in [6.07, 6.45) is 20.4. The largest absolute Gasteiger partial charge is 0.103 e. The fraction of sp³-hybridized carbons (Fsp3) is 0.500. The number of rotatable bonds is 9. The fourth-order valence-corrected chi connectivity index (χ4v) is 5.88. The predicted molar refractivity (Wildman–Crippen MR) is 140 cm³/mol. The molecule has 0 radical (unpaired) electrons. The lowest BCUT2D eigenvalue weighted by Crippen LogP contribution is -2.13. The third kappa shape index (κ3) is 6.03. The highest BCUT2D eigenvalue weighted by Gasteiger charge is 2.22. The number of hydrogen-bond acceptors (Lipinski definition) is 0. The Labute approximate surface area is 196 Å². The van der Waals surface area contributed by atoms with Crippen LogP contribution in [0.15, 0.2) is 72.8 Å². The Balaban J connectivity index is 1.32. The lowest BCUT2D eigenvalue weighted by Gasteiger charge is -2.29. The van der Waals surface area contributed by atoms with Gasteiger partial charge in [-0.1, -0.05) is 92.4 Å². The second kappa shape index (κ2) is 11.7. The van der Waals surface area contributed by atoms with Crippen LogP contribution >= 0.6 is 0 Å². The van der Waals surface area contributed by atoms with Crippen LogP contribution in [-0.2, 0) is 0 Å². The Morgan fingerprint density at radius 1 is 0.812 bits per heavy atom. The molecule has 2 aliphatic rings. The molecule has 0 aromatic heterocycles. The molecule has 0 nitrogen and oxygen atoms in total. The van der Waals surface area contributed by atoms with Crippen LogP contribution in [0.2, 0.25) is 0 Å². The van der Waals surface area contributed by atoms with E-state index in [2.05, 4.69) is 68.1 Å². The molecule has 2 aromatic carbocycles. The zero-order chi connectivity index (χ0) is 22.2. The van der Waals surface area contributed by atoms with Gasteiger partial charge in [0.2, 0.25) is 0 Å². The smallest absolute Gasteiger partial charge is 0.0124 e. The van der Waals surface area contributed by atoms with Crippen LogP contribution in [0.5, 0.6) is 0 Å². The first-order valence-corrected chi connectivity index (χ1v) is 13.3. The van der Waals surface area contributed by atoms with Crippen molar-refractivity contribution in [2.75, 3.05) is 0 Å². The van der Waals surface area contributed by atoms with E-state index in [9.17, 15) is 0 Å². The molecule has 0 spiro atoms. The van der Waals surface area contributed by atoms with Crippen LogP contribution in [0.4, 0.5) is 0 Å². The normalized spacial score (nSPS) is 23.5. The van der Waals surface area contributed by atoms with E-state index in [0.29, 0.717) is 5.92 Å². The summed E-state index contributed by atoms with van der Waals surface area (Å²) < 4.78 is 0. The number of benzene rings is 2. The molecule has 0 amide bonds. The summed E-state index contributed by atoms with van der Waals surface area (Å²) in [6, 6.07) is 18.9. The van der Waals surface area contributed by atoms with Crippen molar-refractivity contribution in [1.82, 2.24) is 0 Å². The molecule has 1 atom stereocenters. The Hall–Kier alpha value is -2.08. The van der Waals surface area contributed by atoms with Crippen molar-refractivity contribution in [3.63, 3.8) is 0 Å². The van der Waals surface area contributed by atoms with Gasteiger partial charge in [0.25, 0.3) is 0 Å². The van der Waals surface area contributed by atoms with Gasteiger partial charge in [-0.05, 0) is 97.8 Å². The molecule has 32 heavy (non-hydrogen) atoms. The molecule has 4 rings (SSSR count). The number of hydrogen-bond donors (Lipinski definition) is 0. The molecule has 2 aliphatic carbocycles. The summed E-state index contributed by atoms with van der Waals surface area (Å²) in [4.78, 5) is 0. The van der Waals surface area contributed by atoms with Crippen molar-refractivity contribution in [3.05, 3.63) is 84.0 Å². The maximum atomic E-state index is 3.85. The highest BCUT2D eigenvalue weighted by molar-refractivity contribution is 5.64. The molecule has 0 aliphatic heterocycles. The fourth-order valence-electron chi connectivity index (χ4n) is 5.88.